The molecule has 0 aromatic heterocycles. The van der Waals surface area contributed by atoms with Crippen LogP contribution in [0.3, 0.4) is 0 Å². The maximum Gasteiger partial charge on any atom is 0.260 e. The van der Waals surface area contributed by atoms with E-state index in [0.29, 0.717) is 18.3 Å². The summed E-state index contributed by atoms with van der Waals surface area (Å²) in [5, 5.41) is 0. The van der Waals surface area contributed by atoms with Crippen LogP contribution in [-0.2, 0) is 11.3 Å². The average molecular weight is 234 g/mol. The van der Waals surface area contributed by atoms with Crippen LogP contribution in [-0.4, -0.2) is 30.5 Å². The van der Waals surface area contributed by atoms with Crippen LogP contribution in [0.5, 0.6) is 5.75 Å². The van der Waals surface area contributed by atoms with Gasteiger partial charge in [0.2, 0.25) is 0 Å². The lowest BCUT2D eigenvalue weighted by Gasteiger charge is -2.17. The van der Waals surface area contributed by atoms with E-state index in [4.69, 9.17) is 10.5 Å². The number of carbonyl (C=O) groups is 1. The Kier molecular flexibility index (Phi) is 3.64. The van der Waals surface area contributed by atoms with Crippen LogP contribution < -0.4 is 10.5 Å². The number of ether oxygens (including phenoxy) is 1. The fraction of sp³-hybridized carbons (Fsp3) is 0.462. The summed E-state index contributed by atoms with van der Waals surface area (Å²) in [6, 6.07) is 7.96. The normalized spacial score (nSPS) is 14.5. The Labute approximate surface area is 101 Å². The highest BCUT2D eigenvalue weighted by molar-refractivity contribution is 5.78. The first-order chi connectivity index (χ1) is 8.22. The average Bonchev–Trinajstić information content (AvgIpc) is 3.19. The first kappa shape index (κ1) is 11.9. The smallest absolute Gasteiger partial charge is 0.260 e. The molecule has 1 amide bonds. The van der Waals surface area contributed by atoms with Gasteiger partial charge >= 0.3 is 0 Å². The van der Waals surface area contributed by atoms with Crippen molar-refractivity contribution in [3.05, 3.63) is 29.8 Å². The number of amides is 1. The van der Waals surface area contributed by atoms with Crippen molar-refractivity contribution < 1.29 is 9.53 Å². The number of carbonyl (C=O) groups excluding carboxylic acids is 1. The summed E-state index contributed by atoms with van der Waals surface area (Å²) in [5.74, 6) is 0.729. The maximum absolute atomic E-state index is 11.8. The second-order valence-electron chi connectivity index (χ2n) is 4.34. The predicted molar refractivity (Wildman–Crippen MR) is 65.6 cm³/mol. The van der Waals surface area contributed by atoms with Crippen LogP contribution in [0.2, 0.25) is 0 Å². The first-order valence-electron chi connectivity index (χ1n) is 5.89. The van der Waals surface area contributed by atoms with Gasteiger partial charge in [-0.25, -0.2) is 0 Å². The third kappa shape index (κ3) is 2.97. The van der Waals surface area contributed by atoms with Gasteiger partial charge in [-0.2, -0.15) is 0 Å². The molecule has 0 spiro atoms. The highest BCUT2D eigenvalue weighted by atomic mass is 16.5. The minimum Gasteiger partial charge on any atom is -0.483 e. The molecule has 0 bridgehead atoms. The molecule has 0 aliphatic heterocycles. The lowest BCUT2D eigenvalue weighted by molar-refractivity contribution is -0.132. The van der Waals surface area contributed by atoms with E-state index in [1.54, 1.807) is 4.90 Å². The zero-order valence-electron chi connectivity index (χ0n) is 10.1. The quantitative estimate of drug-likeness (QED) is 0.831. The Balaban J connectivity index is 1.90. The summed E-state index contributed by atoms with van der Waals surface area (Å²) in [7, 11) is 1.83. The molecule has 92 valence electrons. The Bertz CT molecular complexity index is 402. The molecule has 0 radical (unpaired) electrons. The fourth-order valence-electron chi connectivity index (χ4n) is 1.72. The summed E-state index contributed by atoms with van der Waals surface area (Å²) in [5.41, 5.74) is 6.53. The van der Waals surface area contributed by atoms with E-state index in [1.807, 2.05) is 31.3 Å². The maximum atomic E-state index is 11.8. The summed E-state index contributed by atoms with van der Waals surface area (Å²) in [6.45, 7) is 0.507. The van der Waals surface area contributed by atoms with E-state index in [-0.39, 0.29) is 12.5 Å². The molecule has 0 heterocycles. The zero-order valence-corrected chi connectivity index (χ0v) is 10.1. The van der Waals surface area contributed by atoms with Crippen LogP contribution in [0.15, 0.2) is 24.3 Å². The Morgan fingerprint density at radius 2 is 2.18 bits per heavy atom. The molecule has 2 N–H and O–H groups in total. The van der Waals surface area contributed by atoms with Crippen LogP contribution in [0, 0.1) is 0 Å². The molecule has 1 saturated carbocycles. The predicted octanol–water partition coefficient (Wildman–Crippen LogP) is 1.14. The van der Waals surface area contributed by atoms with Gasteiger partial charge in [0.25, 0.3) is 5.91 Å². The Hall–Kier alpha value is -1.55. The molecule has 0 unspecified atom stereocenters. The van der Waals surface area contributed by atoms with E-state index in [9.17, 15) is 4.79 Å². The Morgan fingerprint density at radius 1 is 1.47 bits per heavy atom. The second-order valence-corrected chi connectivity index (χ2v) is 4.34. The van der Waals surface area contributed by atoms with Crippen molar-refractivity contribution in [2.24, 2.45) is 5.73 Å². The summed E-state index contributed by atoms with van der Waals surface area (Å²) in [4.78, 5) is 13.5. The molecule has 4 heteroatoms. The third-order valence-electron chi connectivity index (χ3n) is 3.03. The molecule has 1 aliphatic carbocycles. The molecule has 1 aromatic carbocycles. The van der Waals surface area contributed by atoms with Gasteiger partial charge < -0.3 is 15.4 Å². The molecule has 17 heavy (non-hydrogen) atoms. The standard InChI is InChI=1S/C13H18N2O2/c1-15(11-6-7-11)13(16)9-17-12-5-3-2-4-10(12)8-14/h2-5,11H,6-9,14H2,1H3. The number of hydrogen-bond donors (Lipinski definition) is 1. The monoisotopic (exact) mass is 234 g/mol. The molecular formula is C13H18N2O2. The number of rotatable bonds is 5. The van der Waals surface area contributed by atoms with E-state index in [0.717, 1.165) is 18.4 Å². The van der Waals surface area contributed by atoms with E-state index >= 15 is 0 Å². The van der Waals surface area contributed by atoms with Gasteiger partial charge in [0.05, 0.1) is 0 Å². The second kappa shape index (κ2) is 5.19. The minimum absolute atomic E-state index is 0.0272. The summed E-state index contributed by atoms with van der Waals surface area (Å²) in [6.07, 6.45) is 2.23. The van der Waals surface area contributed by atoms with E-state index in [2.05, 4.69) is 0 Å². The number of benzene rings is 1. The number of para-hydroxylation sites is 1. The molecule has 4 nitrogen and oxygen atoms in total. The highest BCUT2D eigenvalue weighted by Gasteiger charge is 2.29. The number of nitrogens with zero attached hydrogens (tertiary/aromatic N) is 1. The SMILES string of the molecule is CN(C(=O)COc1ccccc1CN)C1CC1. The first-order valence-corrected chi connectivity index (χ1v) is 5.89. The van der Waals surface area contributed by atoms with Gasteiger partial charge in [-0.1, -0.05) is 18.2 Å². The van der Waals surface area contributed by atoms with Crippen molar-refractivity contribution in [3.8, 4) is 5.75 Å². The van der Waals surface area contributed by atoms with E-state index in [1.165, 1.54) is 0 Å². The van der Waals surface area contributed by atoms with Crippen LogP contribution in [0.25, 0.3) is 0 Å². The molecule has 2 rings (SSSR count). The van der Waals surface area contributed by atoms with Crippen molar-refractivity contribution >= 4 is 5.91 Å². The number of hydrogen-bond acceptors (Lipinski definition) is 3. The van der Waals surface area contributed by atoms with Gasteiger partial charge in [-0.3, -0.25) is 4.79 Å². The van der Waals surface area contributed by atoms with Gasteiger partial charge in [0, 0.05) is 25.2 Å². The summed E-state index contributed by atoms with van der Waals surface area (Å²) < 4.78 is 5.52. The summed E-state index contributed by atoms with van der Waals surface area (Å²) >= 11 is 0. The van der Waals surface area contributed by atoms with Crippen molar-refractivity contribution in [3.63, 3.8) is 0 Å². The molecule has 1 aromatic rings. The van der Waals surface area contributed by atoms with Gasteiger partial charge in [0.15, 0.2) is 6.61 Å². The number of likely N-dealkylation sites (N-methyl/N-ethyl adjacent to an activating group) is 1. The molecule has 1 aliphatic rings. The van der Waals surface area contributed by atoms with Crippen molar-refractivity contribution in [1.29, 1.82) is 0 Å². The van der Waals surface area contributed by atoms with Crippen LogP contribution >= 0.6 is 0 Å². The third-order valence-corrected chi connectivity index (χ3v) is 3.03. The lowest BCUT2D eigenvalue weighted by atomic mass is 10.2. The topological polar surface area (TPSA) is 55.6 Å². The van der Waals surface area contributed by atoms with Gasteiger partial charge in [-0.15, -0.1) is 0 Å². The van der Waals surface area contributed by atoms with Crippen molar-refractivity contribution in [2.75, 3.05) is 13.7 Å². The van der Waals surface area contributed by atoms with Gasteiger partial charge in [-0.05, 0) is 18.9 Å². The number of nitrogens with two attached hydrogens (primary N) is 1. The van der Waals surface area contributed by atoms with Gasteiger partial charge in [0.1, 0.15) is 5.75 Å². The Morgan fingerprint density at radius 3 is 2.82 bits per heavy atom. The lowest BCUT2D eigenvalue weighted by Crippen LogP contribution is -2.33. The zero-order chi connectivity index (χ0) is 12.3. The largest absolute Gasteiger partial charge is 0.483 e. The molecule has 0 atom stereocenters. The van der Waals surface area contributed by atoms with Crippen LogP contribution in [0.1, 0.15) is 18.4 Å². The molecule has 0 saturated heterocycles. The molecule has 1 fully saturated rings. The minimum atomic E-state index is 0.0272. The van der Waals surface area contributed by atoms with Crippen molar-refractivity contribution in [1.82, 2.24) is 4.90 Å². The van der Waals surface area contributed by atoms with Crippen LogP contribution in [0.4, 0.5) is 0 Å². The van der Waals surface area contributed by atoms with E-state index < -0.39 is 0 Å². The molecular weight excluding hydrogens is 216 g/mol. The highest BCUT2D eigenvalue weighted by Crippen LogP contribution is 2.25. The fourth-order valence-corrected chi connectivity index (χ4v) is 1.72. The van der Waals surface area contributed by atoms with Crippen molar-refractivity contribution in [2.45, 2.75) is 25.4 Å².